The fourth-order valence-corrected chi connectivity index (χ4v) is 4.22. The number of anilines is 1. The molecule has 4 aromatic rings. The summed E-state index contributed by atoms with van der Waals surface area (Å²) in [5, 5.41) is 0. The lowest BCUT2D eigenvalue weighted by molar-refractivity contribution is -0.0181. The minimum absolute atomic E-state index is 0.109. The van der Waals surface area contributed by atoms with Gasteiger partial charge in [-0.2, -0.15) is 4.98 Å². The van der Waals surface area contributed by atoms with Gasteiger partial charge in [0.1, 0.15) is 28.9 Å². The molecule has 0 amide bonds. The van der Waals surface area contributed by atoms with Crippen LogP contribution in [0.5, 0.6) is 0 Å². The largest absolute Gasteiger partial charge is 0.367 e. The van der Waals surface area contributed by atoms with Crippen molar-refractivity contribution >= 4 is 17.1 Å². The molecule has 2 atom stereocenters. The third kappa shape index (κ3) is 4.37. The van der Waals surface area contributed by atoms with Gasteiger partial charge >= 0.3 is 0 Å². The highest BCUT2D eigenvalue weighted by molar-refractivity contribution is 5.88. The second-order valence-corrected chi connectivity index (χ2v) is 8.81. The summed E-state index contributed by atoms with van der Waals surface area (Å²) < 4.78 is 36.1. The number of benzene rings is 1. The van der Waals surface area contributed by atoms with E-state index in [1.807, 2.05) is 25.7 Å². The molecule has 0 saturated carbocycles. The van der Waals surface area contributed by atoms with Gasteiger partial charge in [0.25, 0.3) is 0 Å². The first kappa shape index (κ1) is 23.0. The molecule has 0 spiro atoms. The van der Waals surface area contributed by atoms with Crippen LogP contribution in [0.25, 0.3) is 22.4 Å². The molecule has 1 fully saturated rings. The van der Waals surface area contributed by atoms with Crippen LogP contribution >= 0.6 is 0 Å². The lowest BCUT2D eigenvalue weighted by atomic mass is 10.1. The molecule has 0 unspecified atom stereocenters. The maximum Gasteiger partial charge on any atom is 0.250 e. The SMILES string of the molecule is Cc1nc2nc(N3C[C@@H](C)O[C@@H](c4ccc(=O)n(C)c4)C3)nc(-c3ccc(F)cc3F)c2nc1C. The Bertz CT molecular complexity index is 1510. The summed E-state index contributed by atoms with van der Waals surface area (Å²) in [6.45, 7) is 6.49. The molecule has 3 aromatic heterocycles. The number of aromatic nitrogens is 5. The maximum absolute atomic E-state index is 14.8. The Morgan fingerprint density at radius 3 is 2.51 bits per heavy atom. The van der Waals surface area contributed by atoms with Gasteiger partial charge in [0.15, 0.2) is 5.65 Å². The van der Waals surface area contributed by atoms with Gasteiger partial charge in [-0.3, -0.25) is 4.79 Å². The third-order valence-corrected chi connectivity index (χ3v) is 6.14. The Kier molecular flexibility index (Phi) is 5.76. The number of hydrogen-bond acceptors (Lipinski definition) is 7. The van der Waals surface area contributed by atoms with Crippen molar-refractivity contribution in [1.82, 2.24) is 24.5 Å². The van der Waals surface area contributed by atoms with E-state index in [1.165, 1.54) is 22.8 Å². The first-order valence-corrected chi connectivity index (χ1v) is 11.2. The minimum Gasteiger partial charge on any atom is -0.367 e. The number of nitrogens with zero attached hydrogens (tertiary/aromatic N) is 6. The van der Waals surface area contributed by atoms with Crippen LogP contribution in [0.4, 0.5) is 14.7 Å². The lowest BCUT2D eigenvalue weighted by Gasteiger charge is -2.37. The second kappa shape index (κ2) is 8.77. The molecule has 0 bridgehead atoms. The molecule has 10 heteroatoms. The van der Waals surface area contributed by atoms with Crippen molar-refractivity contribution in [2.24, 2.45) is 7.05 Å². The van der Waals surface area contributed by atoms with Crippen LogP contribution in [-0.2, 0) is 11.8 Å². The van der Waals surface area contributed by atoms with Crippen molar-refractivity contribution in [3.05, 3.63) is 75.5 Å². The Hall–Kier alpha value is -3.79. The number of aryl methyl sites for hydroxylation is 3. The maximum atomic E-state index is 14.8. The molecule has 0 aliphatic carbocycles. The summed E-state index contributed by atoms with van der Waals surface area (Å²) in [6.07, 6.45) is 1.25. The first-order valence-electron chi connectivity index (χ1n) is 11.2. The summed E-state index contributed by atoms with van der Waals surface area (Å²) in [5.74, 6) is -1.07. The molecule has 0 N–H and O–H groups in total. The number of hydrogen-bond donors (Lipinski definition) is 0. The molecule has 4 heterocycles. The highest BCUT2D eigenvalue weighted by Gasteiger charge is 2.30. The molecule has 180 valence electrons. The topological polar surface area (TPSA) is 86.0 Å². The number of rotatable bonds is 3. The summed E-state index contributed by atoms with van der Waals surface area (Å²) in [4.78, 5) is 32.3. The van der Waals surface area contributed by atoms with Crippen molar-refractivity contribution in [2.75, 3.05) is 18.0 Å². The van der Waals surface area contributed by atoms with Gasteiger partial charge < -0.3 is 14.2 Å². The Morgan fingerprint density at radius 2 is 1.77 bits per heavy atom. The van der Waals surface area contributed by atoms with Gasteiger partial charge in [0.05, 0.1) is 24.0 Å². The van der Waals surface area contributed by atoms with Crippen molar-refractivity contribution in [3.63, 3.8) is 0 Å². The van der Waals surface area contributed by atoms with Crippen LogP contribution in [0.1, 0.15) is 30.0 Å². The van der Waals surface area contributed by atoms with E-state index in [1.54, 1.807) is 19.3 Å². The highest BCUT2D eigenvalue weighted by Crippen LogP contribution is 2.32. The van der Waals surface area contributed by atoms with Gasteiger partial charge in [-0.15, -0.1) is 0 Å². The summed E-state index contributed by atoms with van der Waals surface area (Å²) in [6, 6.07) is 6.62. The zero-order valence-corrected chi connectivity index (χ0v) is 19.8. The van der Waals surface area contributed by atoms with Gasteiger partial charge in [0, 0.05) is 37.5 Å². The molecule has 35 heavy (non-hydrogen) atoms. The Morgan fingerprint density at radius 1 is 1.00 bits per heavy atom. The predicted molar refractivity (Wildman–Crippen MR) is 127 cm³/mol. The average molecular weight is 479 g/mol. The molecule has 0 radical (unpaired) electrons. The van der Waals surface area contributed by atoms with Gasteiger partial charge in [-0.05, 0) is 44.5 Å². The van der Waals surface area contributed by atoms with Crippen LogP contribution in [0.2, 0.25) is 0 Å². The molecule has 1 aliphatic rings. The molecule has 1 saturated heterocycles. The standard InChI is InChI=1S/C25H24F2N6O2/c1-13-10-33(12-20(35-13)16-5-8-21(34)32(4)11-16)25-30-22(18-7-6-17(26)9-19(18)27)23-24(31-25)29-15(3)14(2)28-23/h5-9,11,13,20H,10,12H2,1-4H3/t13-,20-/m1/s1. The number of pyridine rings is 1. The van der Waals surface area contributed by atoms with E-state index in [9.17, 15) is 13.6 Å². The van der Waals surface area contributed by atoms with Crippen molar-refractivity contribution in [2.45, 2.75) is 33.0 Å². The Balaban J connectivity index is 1.63. The van der Waals surface area contributed by atoms with E-state index < -0.39 is 11.6 Å². The zero-order chi connectivity index (χ0) is 24.9. The van der Waals surface area contributed by atoms with Crippen LogP contribution in [0.15, 0.2) is 41.3 Å². The lowest BCUT2D eigenvalue weighted by Crippen LogP contribution is -2.44. The van der Waals surface area contributed by atoms with E-state index in [4.69, 9.17) is 4.74 Å². The van der Waals surface area contributed by atoms with E-state index in [2.05, 4.69) is 19.9 Å². The van der Waals surface area contributed by atoms with E-state index >= 15 is 0 Å². The number of fused-ring (bicyclic) bond motifs is 1. The molecule has 5 rings (SSSR count). The number of morpholine rings is 1. The highest BCUT2D eigenvalue weighted by atomic mass is 19.1. The monoisotopic (exact) mass is 478 g/mol. The summed E-state index contributed by atoms with van der Waals surface area (Å²) in [7, 11) is 1.69. The Labute approximate surface area is 200 Å². The van der Waals surface area contributed by atoms with Gasteiger partial charge in [-0.25, -0.2) is 23.7 Å². The fraction of sp³-hybridized carbons (Fsp3) is 0.320. The summed E-state index contributed by atoms with van der Waals surface area (Å²) in [5.41, 5.74) is 3.15. The van der Waals surface area contributed by atoms with E-state index in [0.717, 1.165) is 11.6 Å². The number of halogens is 2. The zero-order valence-electron chi connectivity index (χ0n) is 19.8. The van der Waals surface area contributed by atoms with Crippen LogP contribution in [-0.4, -0.2) is 43.7 Å². The van der Waals surface area contributed by atoms with Crippen molar-refractivity contribution in [3.8, 4) is 11.3 Å². The quantitative estimate of drug-likeness (QED) is 0.444. The van der Waals surface area contributed by atoms with Crippen LogP contribution in [0.3, 0.4) is 0 Å². The average Bonchev–Trinajstić information content (AvgIpc) is 2.81. The molecule has 1 aromatic carbocycles. The van der Waals surface area contributed by atoms with Crippen molar-refractivity contribution < 1.29 is 13.5 Å². The fourth-order valence-electron chi connectivity index (χ4n) is 4.22. The molecule has 1 aliphatic heterocycles. The van der Waals surface area contributed by atoms with Crippen LogP contribution in [0, 0.1) is 25.5 Å². The first-order chi connectivity index (χ1) is 16.7. The van der Waals surface area contributed by atoms with Gasteiger partial charge in [-0.1, -0.05) is 0 Å². The normalized spacial score (nSPS) is 18.3. The van der Waals surface area contributed by atoms with Gasteiger partial charge in [0.2, 0.25) is 11.5 Å². The number of ether oxygens (including phenoxy) is 1. The second-order valence-electron chi connectivity index (χ2n) is 8.81. The molecular formula is C25H24F2N6O2. The van der Waals surface area contributed by atoms with Crippen molar-refractivity contribution in [1.29, 1.82) is 0 Å². The molecular weight excluding hydrogens is 454 g/mol. The van der Waals surface area contributed by atoms with Crippen LogP contribution < -0.4 is 10.5 Å². The molecule has 8 nitrogen and oxygen atoms in total. The van der Waals surface area contributed by atoms with E-state index in [-0.39, 0.29) is 29.0 Å². The predicted octanol–water partition coefficient (Wildman–Crippen LogP) is 3.65. The third-order valence-electron chi connectivity index (χ3n) is 6.14. The summed E-state index contributed by atoms with van der Waals surface area (Å²) >= 11 is 0. The van der Waals surface area contributed by atoms with E-state index in [0.29, 0.717) is 41.6 Å². The minimum atomic E-state index is -0.741. The smallest absolute Gasteiger partial charge is 0.250 e.